The number of hydrogen-bond donors (Lipinski definition) is 2. The predicted molar refractivity (Wildman–Crippen MR) is 65.9 cm³/mol. The minimum Gasteiger partial charge on any atom is -0.151 e. The van der Waals surface area contributed by atoms with E-state index in [1.54, 1.807) is 24.3 Å². The summed E-state index contributed by atoms with van der Waals surface area (Å²) in [5.41, 5.74) is 6.14. The van der Waals surface area contributed by atoms with Crippen molar-refractivity contribution in [3.63, 3.8) is 0 Å². The van der Waals surface area contributed by atoms with E-state index in [1.165, 1.54) is 0 Å². The molecule has 2 N–H and O–H groups in total. The fourth-order valence-electron chi connectivity index (χ4n) is 1.21. The molecule has 0 saturated carbocycles. The number of hydrogen-bond acceptors (Lipinski definition) is 5. The van der Waals surface area contributed by atoms with Gasteiger partial charge in [-0.25, -0.2) is 0 Å². The smallest absolute Gasteiger partial charge is 0.151 e. The van der Waals surface area contributed by atoms with Gasteiger partial charge in [0.2, 0.25) is 0 Å². The average Bonchev–Trinajstić information content (AvgIpc) is 2.45. The van der Waals surface area contributed by atoms with Gasteiger partial charge in [0.1, 0.15) is 4.91 Å². The van der Waals surface area contributed by atoms with Gasteiger partial charge in [-0.15, -0.1) is 0 Å². The van der Waals surface area contributed by atoms with E-state index in [4.69, 9.17) is 0 Å². The zero-order valence-electron chi connectivity index (χ0n) is 9.45. The number of nitrogens with one attached hydrogen (secondary N) is 2. The van der Waals surface area contributed by atoms with Gasteiger partial charge in [0.25, 0.3) is 0 Å². The van der Waals surface area contributed by atoms with Crippen LogP contribution in [-0.2, 0) is 9.88 Å². The second-order valence-electron chi connectivity index (χ2n) is 3.34. The Morgan fingerprint density at radius 2 is 1.11 bits per heavy atom. The zero-order chi connectivity index (χ0) is 12.6. The molecule has 0 atom stereocenters. The second kappa shape index (κ2) is 6.09. The Hall–Kier alpha value is -2.76. The summed E-state index contributed by atoms with van der Waals surface area (Å²) in [6.07, 6.45) is 0. The molecule has 2 aromatic carbocycles. The summed E-state index contributed by atoms with van der Waals surface area (Å²) < 4.78 is 0. The maximum atomic E-state index is 11.1. The Balaban J connectivity index is 1.73. The van der Waals surface area contributed by atoms with Crippen molar-refractivity contribution in [1.29, 1.82) is 0 Å². The van der Waals surface area contributed by atoms with E-state index in [1.807, 2.05) is 36.4 Å². The monoisotopic (exact) mass is 246 g/mol. The molecule has 0 aliphatic carbocycles. The van der Waals surface area contributed by atoms with Crippen LogP contribution in [0.1, 0.15) is 0 Å². The largest absolute Gasteiger partial charge is 0.531 e. The van der Waals surface area contributed by atoms with Crippen molar-refractivity contribution in [2.45, 2.75) is 0 Å². The molecule has 6 nitrogen and oxygen atoms in total. The van der Waals surface area contributed by atoms with Crippen LogP contribution in [0.5, 0.6) is 0 Å². The number of nitrogens with zero attached hydrogens (tertiary/aromatic N) is 1. The van der Waals surface area contributed by atoms with Gasteiger partial charge in [-0.05, 0) is 34.1 Å². The second-order valence-corrected chi connectivity index (χ2v) is 3.34. The molecule has 0 fully saturated rings. The van der Waals surface area contributed by atoms with Crippen LogP contribution in [0.15, 0.2) is 60.7 Å². The molecule has 0 aliphatic rings. The molecule has 0 amide bonds. The summed E-state index contributed by atoms with van der Waals surface area (Å²) in [4.78, 5) is 20.3. The lowest BCUT2D eigenvalue weighted by Crippen LogP contribution is -2.18. The third-order valence-corrected chi connectivity index (χ3v) is 2.02. The molecular weight excluding hydrogens is 234 g/mol. The summed E-state index contributed by atoms with van der Waals surface area (Å²) in [5, 5.41) is -0.0694. The minimum absolute atomic E-state index is 0.0694. The molecule has 0 saturated heterocycles. The molecule has 0 radical (unpaired) electrons. The van der Waals surface area contributed by atoms with Crippen molar-refractivity contribution in [2.24, 2.45) is 0 Å². The Kier molecular flexibility index (Phi) is 3.97. The Bertz CT molecular complexity index is 445. The van der Waals surface area contributed by atoms with Crippen molar-refractivity contribution >= 4 is 11.4 Å². The first-order valence-corrected chi connectivity index (χ1v) is 5.28. The lowest BCUT2D eigenvalue weighted by atomic mass is 10.3. The van der Waals surface area contributed by atoms with E-state index in [9.17, 15) is 4.91 Å². The van der Waals surface area contributed by atoms with E-state index in [2.05, 4.69) is 20.8 Å². The van der Waals surface area contributed by atoms with Crippen LogP contribution in [0.25, 0.3) is 0 Å². The molecule has 0 aliphatic heterocycles. The normalized spacial score (nSPS) is 9.33. The van der Waals surface area contributed by atoms with Crippen LogP contribution in [0, 0.1) is 4.91 Å². The summed E-state index contributed by atoms with van der Waals surface area (Å²) in [6.45, 7) is 0. The van der Waals surface area contributed by atoms with E-state index in [0.29, 0.717) is 11.4 Å². The first kappa shape index (κ1) is 11.7. The highest BCUT2D eigenvalue weighted by atomic mass is 17.1. The maximum absolute atomic E-state index is 11.1. The standard InChI is InChI=1S/C12H12N3O3/c16-15(17-13-11-7-3-1-4-8-11)18-14-12-9-5-2-6-10-12/h1-10,13-14H/q+1. The molecular formula is C12H12N3O3+. The SMILES string of the molecule is O=[N+](ONc1ccccc1)ONc1ccccc1. The quantitative estimate of drug-likeness (QED) is 0.767. The van der Waals surface area contributed by atoms with Crippen LogP contribution < -0.4 is 11.0 Å². The van der Waals surface area contributed by atoms with Crippen molar-refractivity contribution in [2.75, 3.05) is 11.0 Å². The number of benzene rings is 2. The Labute approximate surface area is 104 Å². The van der Waals surface area contributed by atoms with Gasteiger partial charge in [0.15, 0.2) is 0 Å². The summed E-state index contributed by atoms with van der Waals surface area (Å²) in [5.74, 6) is 0. The summed E-state index contributed by atoms with van der Waals surface area (Å²) in [6, 6.07) is 17.9. The Morgan fingerprint density at radius 1 is 0.722 bits per heavy atom. The van der Waals surface area contributed by atoms with Crippen LogP contribution in [0.4, 0.5) is 11.4 Å². The lowest BCUT2D eigenvalue weighted by Gasteiger charge is -1.98. The van der Waals surface area contributed by atoms with Gasteiger partial charge in [0, 0.05) is 0 Å². The number of anilines is 2. The topological polar surface area (TPSA) is 62.6 Å². The fourth-order valence-corrected chi connectivity index (χ4v) is 1.21. The van der Waals surface area contributed by atoms with Gasteiger partial charge >= 0.3 is 5.09 Å². The summed E-state index contributed by atoms with van der Waals surface area (Å²) in [7, 11) is 0. The summed E-state index contributed by atoms with van der Waals surface area (Å²) >= 11 is 0. The zero-order valence-corrected chi connectivity index (χ0v) is 9.45. The van der Waals surface area contributed by atoms with Crippen LogP contribution >= 0.6 is 0 Å². The van der Waals surface area contributed by atoms with Crippen molar-refractivity contribution in [1.82, 2.24) is 0 Å². The Morgan fingerprint density at radius 3 is 1.50 bits per heavy atom. The van der Waals surface area contributed by atoms with Crippen molar-refractivity contribution in [3.8, 4) is 0 Å². The fraction of sp³-hybridized carbons (Fsp3) is 0. The first-order chi connectivity index (χ1) is 8.84. The van der Waals surface area contributed by atoms with Gasteiger partial charge in [-0.3, -0.25) is 0 Å². The first-order valence-electron chi connectivity index (χ1n) is 5.28. The van der Waals surface area contributed by atoms with E-state index in [-0.39, 0.29) is 5.09 Å². The van der Waals surface area contributed by atoms with Crippen LogP contribution in [0.2, 0.25) is 0 Å². The van der Waals surface area contributed by atoms with E-state index >= 15 is 0 Å². The molecule has 2 aromatic rings. The highest BCUT2D eigenvalue weighted by molar-refractivity contribution is 5.40. The molecule has 2 rings (SSSR count). The van der Waals surface area contributed by atoms with E-state index < -0.39 is 0 Å². The minimum atomic E-state index is -0.0694. The van der Waals surface area contributed by atoms with E-state index in [0.717, 1.165) is 0 Å². The number of para-hydroxylation sites is 2. The third kappa shape index (κ3) is 3.67. The van der Waals surface area contributed by atoms with Gasteiger partial charge in [-0.2, -0.15) is 11.0 Å². The van der Waals surface area contributed by atoms with Gasteiger partial charge < -0.3 is 0 Å². The molecule has 0 aromatic heterocycles. The van der Waals surface area contributed by atoms with Crippen LogP contribution in [-0.4, -0.2) is 5.09 Å². The molecule has 0 unspecified atom stereocenters. The molecule has 0 spiro atoms. The van der Waals surface area contributed by atoms with Crippen molar-refractivity contribution < 1.29 is 15.0 Å². The molecule has 92 valence electrons. The van der Waals surface area contributed by atoms with Crippen molar-refractivity contribution in [3.05, 3.63) is 65.6 Å². The molecule has 18 heavy (non-hydrogen) atoms. The maximum Gasteiger partial charge on any atom is 0.531 e. The third-order valence-electron chi connectivity index (χ3n) is 2.02. The van der Waals surface area contributed by atoms with Crippen LogP contribution in [0.3, 0.4) is 0 Å². The van der Waals surface area contributed by atoms with Gasteiger partial charge in [0.05, 0.1) is 11.4 Å². The number of rotatable bonds is 6. The molecule has 0 bridgehead atoms. The average molecular weight is 246 g/mol. The molecule has 0 heterocycles. The lowest BCUT2D eigenvalue weighted by molar-refractivity contribution is -0.971. The highest BCUT2D eigenvalue weighted by Crippen LogP contribution is 2.06. The molecule has 6 heteroatoms. The highest BCUT2D eigenvalue weighted by Gasteiger charge is 2.13. The predicted octanol–water partition coefficient (Wildman–Crippen LogP) is 2.68. The van der Waals surface area contributed by atoms with Gasteiger partial charge in [-0.1, -0.05) is 36.4 Å².